The molecule has 0 aliphatic carbocycles. The zero-order chi connectivity index (χ0) is 26.7. The largest absolute Gasteiger partial charge is 0.457 e. The Labute approximate surface area is 210 Å². The van der Waals surface area contributed by atoms with E-state index in [4.69, 9.17) is 14.6 Å². The normalized spacial score (nSPS) is 12.2. The minimum Gasteiger partial charge on any atom is -0.457 e. The third-order valence-corrected chi connectivity index (χ3v) is 5.59. The van der Waals surface area contributed by atoms with Crippen molar-refractivity contribution in [3.8, 4) is 11.5 Å². The summed E-state index contributed by atoms with van der Waals surface area (Å²) in [6, 6.07) is 15.3. The number of amides is 1. The van der Waals surface area contributed by atoms with Crippen molar-refractivity contribution in [2.75, 3.05) is 13.7 Å². The molecule has 2 heterocycles. The Morgan fingerprint density at radius 2 is 1.72 bits per heavy atom. The van der Waals surface area contributed by atoms with Crippen LogP contribution >= 0.6 is 0 Å². The van der Waals surface area contributed by atoms with Gasteiger partial charge in [0, 0.05) is 44.1 Å². The van der Waals surface area contributed by atoms with Crippen LogP contribution < -0.4 is 4.74 Å². The second-order valence-electron chi connectivity index (χ2n) is 8.02. The van der Waals surface area contributed by atoms with Crippen molar-refractivity contribution in [3.05, 3.63) is 88.7 Å². The summed E-state index contributed by atoms with van der Waals surface area (Å²) in [6.45, 7) is 5.92. The standard InChI is InChI=1S/C25H24F2N2O2.C2H4O.CH4O/c1-3-25(26,27)21-7-10-22(11-8-21)31-23-9-6-18-12-13-29(16-20(18)14-23)24(30)19-5-4-17(2)28-15-19;1-2-3;1-2/h4-11,14-15H,3,12-13,16H2,1-2H3;2H,1H3;2H,1H3. The number of aryl methyl sites for hydroxylation is 1. The van der Waals surface area contributed by atoms with Crippen LogP contribution in [0.15, 0.2) is 60.8 Å². The Hall–Kier alpha value is -3.65. The highest BCUT2D eigenvalue weighted by atomic mass is 19.3. The number of aromatic nitrogens is 1. The maximum Gasteiger partial charge on any atom is 0.273 e. The highest BCUT2D eigenvalue weighted by Gasteiger charge is 2.28. The number of aliphatic hydroxyl groups excluding tert-OH is 1. The van der Waals surface area contributed by atoms with Crippen molar-refractivity contribution in [1.29, 1.82) is 0 Å². The molecule has 1 aliphatic rings. The van der Waals surface area contributed by atoms with Gasteiger partial charge in [-0.2, -0.15) is 0 Å². The molecule has 1 N–H and O–H groups in total. The number of ether oxygens (including phenoxy) is 1. The summed E-state index contributed by atoms with van der Waals surface area (Å²) in [4.78, 5) is 27.7. The van der Waals surface area contributed by atoms with E-state index in [1.807, 2.05) is 31.2 Å². The number of carbonyl (C=O) groups is 2. The number of aldehydes is 1. The fraction of sp³-hybridized carbons (Fsp3) is 0.321. The number of hydrogen-bond acceptors (Lipinski definition) is 5. The summed E-state index contributed by atoms with van der Waals surface area (Å²) < 4.78 is 33.5. The number of benzene rings is 2. The second-order valence-corrected chi connectivity index (χ2v) is 8.02. The van der Waals surface area contributed by atoms with Gasteiger partial charge in [-0.3, -0.25) is 9.78 Å². The maximum absolute atomic E-state index is 13.8. The summed E-state index contributed by atoms with van der Waals surface area (Å²) in [5, 5.41) is 7.00. The number of fused-ring (bicyclic) bond motifs is 1. The van der Waals surface area contributed by atoms with Gasteiger partial charge >= 0.3 is 0 Å². The molecule has 4 rings (SSSR count). The molecule has 0 fully saturated rings. The first-order valence-electron chi connectivity index (χ1n) is 11.6. The van der Waals surface area contributed by atoms with Crippen molar-refractivity contribution in [2.45, 2.75) is 46.1 Å². The van der Waals surface area contributed by atoms with E-state index in [0.29, 0.717) is 30.2 Å². The van der Waals surface area contributed by atoms with E-state index in [9.17, 15) is 13.6 Å². The molecule has 1 aromatic heterocycles. The van der Waals surface area contributed by atoms with Gasteiger partial charge < -0.3 is 19.5 Å². The Kier molecular flexibility index (Phi) is 10.7. The van der Waals surface area contributed by atoms with Gasteiger partial charge in [-0.1, -0.05) is 13.0 Å². The van der Waals surface area contributed by atoms with Crippen molar-refractivity contribution in [1.82, 2.24) is 9.88 Å². The lowest BCUT2D eigenvalue weighted by Crippen LogP contribution is -2.36. The summed E-state index contributed by atoms with van der Waals surface area (Å²) in [5.74, 6) is -1.78. The molecule has 0 saturated heterocycles. The van der Waals surface area contributed by atoms with Gasteiger partial charge in [0.15, 0.2) is 0 Å². The van der Waals surface area contributed by atoms with Crippen LogP contribution in [0.3, 0.4) is 0 Å². The molecule has 0 atom stereocenters. The van der Waals surface area contributed by atoms with Gasteiger partial charge in [0.25, 0.3) is 11.8 Å². The molecule has 6 nitrogen and oxygen atoms in total. The minimum absolute atomic E-state index is 0.0208. The first-order valence-corrected chi connectivity index (χ1v) is 11.6. The van der Waals surface area contributed by atoms with Crippen LogP contribution in [-0.2, 0) is 23.7 Å². The van der Waals surface area contributed by atoms with E-state index in [1.165, 1.54) is 31.5 Å². The Balaban J connectivity index is 0.000000850. The highest BCUT2D eigenvalue weighted by molar-refractivity contribution is 5.94. The monoisotopic (exact) mass is 498 g/mol. The van der Waals surface area contributed by atoms with Gasteiger partial charge in [-0.15, -0.1) is 0 Å². The first kappa shape index (κ1) is 28.6. The van der Waals surface area contributed by atoms with Crippen molar-refractivity contribution >= 4 is 12.2 Å². The van der Waals surface area contributed by atoms with E-state index >= 15 is 0 Å². The van der Waals surface area contributed by atoms with Gasteiger partial charge in [0.1, 0.15) is 17.8 Å². The van der Waals surface area contributed by atoms with Gasteiger partial charge in [0.05, 0.1) is 5.56 Å². The molecular weight excluding hydrogens is 466 g/mol. The molecule has 3 aromatic rings. The summed E-state index contributed by atoms with van der Waals surface area (Å²) in [5.41, 5.74) is 3.62. The second kappa shape index (κ2) is 13.4. The number of aliphatic hydroxyl groups is 1. The van der Waals surface area contributed by atoms with Crippen LogP contribution in [-0.4, -0.2) is 40.8 Å². The number of pyridine rings is 1. The molecule has 8 heteroatoms. The Morgan fingerprint density at radius 1 is 1.08 bits per heavy atom. The topological polar surface area (TPSA) is 79.7 Å². The maximum atomic E-state index is 13.8. The number of hydrogen-bond donors (Lipinski definition) is 1. The molecule has 0 spiro atoms. The lowest BCUT2D eigenvalue weighted by Gasteiger charge is -2.29. The first-order chi connectivity index (χ1) is 17.3. The highest BCUT2D eigenvalue weighted by Crippen LogP contribution is 2.33. The van der Waals surface area contributed by atoms with Crippen LogP contribution in [0.25, 0.3) is 0 Å². The lowest BCUT2D eigenvalue weighted by atomic mass is 9.99. The number of halogens is 2. The zero-order valence-corrected chi connectivity index (χ0v) is 21.0. The van der Waals surface area contributed by atoms with E-state index in [-0.39, 0.29) is 17.9 Å². The summed E-state index contributed by atoms with van der Waals surface area (Å²) >= 11 is 0. The van der Waals surface area contributed by atoms with Crippen LogP contribution in [0.4, 0.5) is 8.78 Å². The van der Waals surface area contributed by atoms with Gasteiger partial charge in [0.2, 0.25) is 0 Å². The average molecular weight is 499 g/mol. The van der Waals surface area contributed by atoms with E-state index in [1.54, 1.807) is 29.3 Å². The molecule has 0 unspecified atom stereocenters. The minimum atomic E-state index is -2.84. The van der Waals surface area contributed by atoms with Crippen LogP contribution in [0.1, 0.15) is 53.0 Å². The number of nitrogens with zero attached hydrogens (tertiary/aromatic N) is 2. The summed E-state index contributed by atoms with van der Waals surface area (Å²) in [6.07, 6.45) is 2.88. The molecule has 36 heavy (non-hydrogen) atoms. The molecule has 0 bridgehead atoms. The smallest absolute Gasteiger partial charge is 0.273 e. The zero-order valence-electron chi connectivity index (χ0n) is 21.0. The molecule has 2 aromatic carbocycles. The number of alkyl halides is 2. The van der Waals surface area contributed by atoms with Gasteiger partial charge in [-0.05, 0) is 79.9 Å². The SMILES string of the molecule is CC=O.CCC(F)(F)c1ccc(Oc2ccc3c(c2)CN(C(=O)c2ccc(C)nc2)CC3)cc1.CO. The third-order valence-electron chi connectivity index (χ3n) is 5.59. The van der Waals surface area contributed by atoms with Crippen LogP contribution in [0.2, 0.25) is 0 Å². The van der Waals surface area contributed by atoms with E-state index < -0.39 is 5.92 Å². The van der Waals surface area contributed by atoms with Crippen LogP contribution in [0, 0.1) is 6.92 Å². The molecule has 0 radical (unpaired) electrons. The summed E-state index contributed by atoms with van der Waals surface area (Å²) in [7, 11) is 1.00. The van der Waals surface area contributed by atoms with E-state index in [2.05, 4.69) is 4.98 Å². The molecular formula is C28H32F2N2O4. The van der Waals surface area contributed by atoms with E-state index in [0.717, 1.165) is 31.1 Å². The number of rotatable bonds is 5. The number of carbonyl (C=O) groups excluding carboxylic acids is 2. The molecule has 1 aliphatic heterocycles. The third kappa shape index (κ3) is 7.42. The fourth-order valence-corrected chi connectivity index (χ4v) is 3.65. The predicted octanol–water partition coefficient (Wildman–Crippen LogP) is 5.70. The fourth-order valence-electron chi connectivity index (χ4n) is 3.65. The van der Waals surface area contributed by atoms with Crippen molar-refractivity contribution in [3.63, 3.8) is 0 Å². The molecule has 1 amide bonds. The van der Waals surface area contributed by atoms with Crippen LogP contribution in [0.5, 0.6) is 11.5 Å². The van der Waals surface area contributed by atoms with Crippen molar-refractivity contribution in [2.24, 2.45) is 0 Å². The quantitative estimate of drug-likeness (QED) is 0.457. The lowest BCUT2D eigenvalue weighted by molar-refractivity contribution is -0.106. The Morgan fingerprint density at radius 3 is 2.31 bits per heavy atom. The van der Waals surface area contributed by atoms with Gasteiger partial charge in [-0.25, -0.2) is 8.78 Å². The average Bonchev–Trinajstić information content (AvgIpc) is 2.90. The molecule has 0 saturated carbocycles. The Bertz CT molecular complexity index is 1130. The van der Waals surface area contributed by atoms with Crippen molar-refractivity contribution < 1.29 is 28.2 Å². The predicted molar refractivity (Wildman–Crippen MR) is 134 cm³/mol. The molecule has 192 valence electrons.